The lowest BCUT2D eigenvalue weighted by Crippen LogP contribution is -2.26. The number of nitrogens with zero attached hydrogens (tertiary/aromatic N) is 2. The van der Waals surface area contributed by atoms with Crippen molar-refractivity contribution in [2.24, 2.45) is 0 Å². The van der Waals surface area contributed by atoms with Crippen molar-refractivity contribution >= 4 is 34.1 Å². The summed E-state index contributed by atoms with van der Waals surface area (Å²) in [5.41, 5.74) is 42.9. The van der Waals surface area contributed by atoms with Gasteiger partial charge in [-0.1, -0.05) is 448 Å². The van der Waals surface area contributed by atoms with Crippen LogP contribution in [0.4, 0.5) is 34.1 Å². The minimum Gasteiger partial charge on any atom is -0.310 e. The average Bonchev–Trinajstić information content (AvgIpc) is 1.51. The van der Waals surface area contributed by atoms with Gasteiger partial charge >= 0.3 is 0 Å². The minimum atomic E-state index is -0.415. The summed E-state index contributed by atoms with van der Waals surface area (Å²) in [6.45, 7) is 41.5. The van der Waals surface area contributed by atoms with Crippen LogP contribution in [-0.2, 0) is 21.7 Å². The molecule has 0 atom stereocenters. The van der Waals surface area contributed by atoms with Gasteiger partial charge < -0.3 is 9.80 Å². The van der Waals surface area contributed by atoms with Gasteiger partial charge in [0.05, 0.1) is 16.5 Å². The third kappa shape index (κ3) is 14.1. The molecule has 6 aliphatic carbocycles. The zero-order chi connectivity index (χ0) is 86.6. The van der Waals surface area contributed by atoms with Gasteiger partial charge in [-0.3, -0.25) is 0 Å². The molecule has 6 aliphatic rings. The Labute approximate surface area is 731 Å². The molecule has 0 aromatic heterocycles. The van der Waals surface area contributed by atoms with E-state index in [0.717, 1.165) is 34.1 Å². The summed E-state index contributed by atoms with van der Waals surface area (Å²) in [4.78, 5) is 4.98. The number of benzene rings is 16. The van der Waals surface area contributed by atoms with E-state index in [1.807, 2.05) is 111 Å². The van der Waals surface area contributed by atoms with Gasteiger partial charge in [-0.2, -0.15) is 0 Å². The van der Waals surface area contributed by atoms with Crippen LogP contribution in [0.1, 0.15) is 205 Å². The molecule has 0 bridgehead atoms. The SMILES string of the molecule is CC.CC.CC.CC.CC.CC.CC.CC.CC1(C)c2ccccc2-c2ccc(N(c3ccc(-c4ccccc4)cc3)c3ccc4c(c3)C3(c5ccccc5-c5ccccc53)c3ccccc3-4)cc21.CC1(C)c2ccccc2-c2ccc(N(c3ccc4c(c3)C3(c5ccccc5-c5ccccc53)c3ccccc3-4)c3ccccc3-c3ccccc3)cc21. The molecule has 0 unspecified atom stereocenters. The van der Waals surface area contributed by atoms with Crippen molar-refractivity contribution in [1.29, 1.82) is 0 Å². The van der Waals surface area contributed by atoms with Crippen LogP contribution in [0.15, 0.2) is 376 Å². The Kier molecular flexibility index (Phi) is 27.0. The van der Waals surface area contributed by atoms with Gasteiger partial charge in [-0.15, -0.1) is 0 Å². The van der Waals surface area contributed by atoms with E-state index in [1.165, 1.54) is 156 Å². The molecule has 22 rings (SSSR count). The van der Waals surface area contributed by atoms with Gasteiger partial charge in [0, 0.05) is 44.8 Å². The van der Waals surface area contributed by atoms with Crippen molar-refractivity contribution in [3.63, 3.8) is 0 Å². The third-order valence-corrected chi connectivity index (χ3v) is 24.6. The molecule has 0 amide bonds. The Hall–Kier alpha value is -12.9. The highest BCUT2D eigenvalue weighted by molar-refractivity contribution is 6.00. The predicted octanol–water partition coefficient (Wildman–Crippen LogP) is 35.2. The maximum absolute atomic E-state index is 2.51. The van der Waals surface area contributed by atoms with E-state index >= 15 is 0 Å². The second-order valence-electron chi connectivity index (χ2n) is 30.5. The van der Waals surface area contributed by atoms with Crippen LogP contribution in [0.3, 0.4) is 0 Å². The summed E-state index contributed by atoms with van der Waals surface area (Å²) >= 11 is 0. The number of anilines is 6. The fraction of sp³-hybridized carbons (Fsp3) is 0.200. The Morgan fingerprint density at radius 1 is 0.148 bits per heavy atom. The highest BCUT2D eigenvalue weighted by Gasteiger charge is 2.54. The zero-order valence-electron chi connectivity index (χ0n) is 75.7. The van der Waals surface area contributed by atoms with Gasteiger partial charge in [0.25, 0.3) is 0 Å². The highest BCUT2D eigenvalue weighted by atomic mass is 15.2. The van der Waals surface area contributed by atoms with Crippen molar-refractivity contribution in [3.05, 3.63) is 443 Å². The lowest BCUT2D eigenvalue weighted by atomic mass is 9.70. The largest absolute Gasteiger partial charge is 0.310 e. The van der Waals surface area contributed by atoms with Gasteiger partial charge in [-0.25, -0.2) is 0 Å². The van der Waals surface area contributed by atoms with Crippen molar-refractivity contribution in [2.45, 2.75) is 160 Å². The summed E-state index contributed by atoms with van der Waals surface area (Å²) in [5.74, 6) is 0. The van der Waals surface area contributed by atoms with Crippen molar-refractivity contribution in [2.75, 3.05) is 9.80 Å². The Balaban J connectivity index is 0.000000181. The van der Waals surface area contributed by atoms with Gasteiger partial charge in [0.1, 0.15) is 0 Å². The van der Waals surface area contributed by atoms with Gasteiger partial charge in [0.2, 0.25) is 0 Å². The van der Waals surface area contributed by atoms with Crippen LogP contribution < -0.4 is 9.80 Å². The van der Waals surface area contributed by atoms with Gasteiger partial charge in [-0.05, 0) is 217 Å². The zero-order valence-corrected chi connectivity index (χ0v) is 75.7. The standard InChI is InChI=1S/2C52H37N.8C2H6/c1-51(2)44-23-11-6-19-38(44)42-30-28-35(32-48(42)51)53(50-27-15-10-18-37(50)34-16-4-3-5-17-34)36-29-31-43-41-22-9-14-26-47(41)52(49(43)33-36)45-24-12-7-20-39(45)40-21-8-13-25-46(40)52;1-51(2)45-20-10-6-16-39(45)43-30-28-37(32-49(43)51)53(36-26-24-35(25-27-36)34-14-4-3-5-15-34)38-29-31-44-42-19-9-13-23-48(42)52(50(44)33-38)46-21-11-7-17-40(46)41-18-8-12-22-47(41)52;8*1-2/h2*3-33H,1-2H3;8*1-2H3. The van der Waals surface area contributed by atoms with Crippen LogP contribution >= 0.6 is 0 Å². The fourth-order valence-corrected chi connectivity index (χ4v) is 19.9. The fourth-order valence-electron chi connectivity index (χ4n) is 19.9. The molecule has 0 N–H and O–H groups in total. The molecular weight excluding hydrogens is 1470 g/mol. The first-order chi connectivity index (χ1) is 60.1. The number of para-hydroxylation sites is 1. The molecule has 16 aromatic rings. The van der Waals surface area contributed by atoms with Crippen LogP contribution in [0.2, 0.25) is 0 Å². The number of hydrogen-bond donors (Lipinski definition) is 0. The summed E-state index contributed by atoms with van der Waals surface area (Å²) in [7, 11) is 0. The maximum Gasteiger partial charge on any atom is 0.0726 e. The lowest BCUT2D eigenvalue weighted by Gasteiger charge is -2.33. The van der Waals surface area contributed by atoms with E-state index in [4.69, 9.17) is 0 Å². The van der Waals surface area contributed by atoms with Gasteiger partial charge in [0.15, 0.2) is 0 Å². The number of hydrogen-bond acceptors (Lipinski definition) is 2. The van der Waals surface area contributed by atoms with Crippen molar-refractivity contribution in [1.82, 2.24) is 0 Å². The first-order valence-corrected chi connectivity index (χ1v) is 45.4. The molecule has 612 valence electrons. The molecule has 2 nitrogen and oxygen atoms in total. The smallest absolute Gasteiger partial charge is 0.0726 e. The second kappa shape index (κ2) is 37.8. The van der Waals surface area contributed by atoms with Crippen LogP contribution in [0.5, 0.6) is 0 Å². The number of fused-ring (bicyclic) bond motifs is 26. The summed E-state index contributed by atoms with van der Waals surface area (Å²) < 4.78 is 0. The molecule has 0 heterocycles. The average molecular weight is 1590 g/mol. The van der Waals surface area contributed by atoms with E-state index in [2.05, 4.69) is 414 Å². The van der Waals surface area contributed by atoms with Crippen LogP contribution in [0.25, 0.3) is 89.0 Å². The molecule has 0 fully saturated rings. The van der Waals surface area contributed by atoms with Crippen LogP contribution in [-0.4, -0.2) is 0 Å². The first-order valence-electron chi connectivity index (χ1n) is 45.4. The maximum atomic E-state index is 2.51. The molecule has 122 heavy (non-hydrogen) atoms. The third-order valence-electron chi connectivity index (χ3n) is 24.6. The van der Waals surface area contributed by atoms with Crippen molar-refractivity contribution in [3.8, 4) is 89.0 Å². The molecule has 0 saturated carbocycles. The van der Waals surface area contributed by atoms with E-state index in [-0.39, 0.29) is 10.8 Å². The summed E-state index contributed by atoms with van der Waals surface area (Å²) in [6.07, 6.45) is 0. The molecular formula is C120H122N2. The molecule has 0 radical (unpaired) electrons. The predicted molar refractivity (Wildman–Crippen MR) is 532 cm³/mol. The Morgan fingerprint density at radius 2 is 0.352 bits per heavy atom. The normalized spacial score (nSPS) is 13.0. The molecule has 0 aliphatic heterocycles. The van der Waals surface area contributed by atoms with E-state index < -0.39 is 10.8 Å². The van der Waals surface area contributed by atoms with Crippen LogP contribution in [0, 0.1) is 0 Å². The highest BCUT2D eigenvalue weighted by Crippen LogP contribution is 2.66. The van der Waals surface area contributed by atoms with E-state index in [1.54, 1.807) is 0 Å². The quantitative estimate of drug-likeness (QED) is 0.150. The Bertz CT molecular complexity index is 6160. The number of rotatable bonds is 8. The Morgan fingerprint density at radius 3 is 0.664 bits per heavy atom. The van der Waals surface area contributed by atoms with E-state index in [9.17, 15) is 0 Å². The first kappa shape index (κ1) is 87.0. The molecule has 2 heteroatoms. The topological polar surface area (TPSA) is 6.48 Å². The van der Waals surface area contributed by atoms with Crippen molar-refractivity contribution < 1.29 is 0 Å². The molecule has 16 aromatic carbocycles. The molecule has 0 saturated heterocycles. The summed E-state index contributed by atoms with van der Waals surface area (Å²) in [5, 5.41) is 0. The second-order valence-corrected chi connectivity index (χ2v) is 30.5. The lowest BCUT2D eigenvalue weighted by molar-refractivity contribution is 0.660. The summed E-state index contributed by atoms with van der Waals surface area (Å²) in [6, 6.07) is 140. The molecule has 2 spiro atoms. The minimum absolute atomic E-state index is 0.105. The monoisotopic (exact) mass is 1590 g/mol. The van der Waals surface area contributed by atoms with E-state index in [0.29, 0.717) is 0 Å².